The van der Waals surface area contributed by atoms with Gasteiger partial charge in [0.05, 0.1) is 5.56 Å². The molecule has 1 atom stereocenters. The Bertz CT molecular complexity index is 418. The van der Waals surface area contributed by atoms with E-state index in [-0.39, 0.29) is 0 Å². The van der Waals surface area contributed by atoms with Crippen LogP contribution in [-0.2, 0) is 0 Å². The van der Waals surface area contributed by atoms with Gasteiger partial charge in [0.15, 0.2) is 0 Å². The molecule has 0 aliphatic heterocycles. The monoisotopic (exact) mass is 250 g/mol. The molecule has 1 rings (SSSR count). The molecule has 0 saturated heterocycles. The highest BCUT2D eigenvalue weighted by Gasteiger charge is 2.13. The number of carboxylic acids is 1. The van der Waals surface area contributed by atoms with Gasteiger partial charge in [-0.1, -0.05) is 20.3 Å². The van der Waals surface area contributed by atoms with Crippen LogP contribution in [-0.4, -0.2) is 29.1 Å². The molecule has 0 radical (unpaired) electrons. The summed E-state index contributed by atoms with van der Waals surface area (Å²) in [6.45, 7) is 9.98. The minimum atomic E-state index is -0.902. The molecule has 1 heterocycles. The van der Waals surface area contributed by atoms with Gasteiger partial charge in [-0.25, -0.2) is 9.78 Å². The van der Waals surface area contributed by atoms with Crippen LogP contribution in [0.15, 0.2) is 12.1 Å². The Hall–Kier alpha value is -1.58. The molecule has 0 aliphatic rings. The van der Waals surface area contributed by atoms with Crippen LogP contribution in [0.3, 0.4) is 0 Å². The average Bonchev–Trinajstić information content (AvgIpc) is 2.34. The van der Waals surface area contributed by atoms with E-state index in [1.54, 1.807) is 12.1 Å². The third-order valence-electron chi connectivity index (χ3n) is 3.12. The third-order valence-corrected chi connectivity index (χ3v) is 3.12. The predicted molar refractivity (Wildman–Crippen MR) is 73.3 cm³/mol. The van der Waals surface area contributed by atoms with Crippen molar-refractivity contribution in [2.24, 2.45) is 5.92 Å². The van der Waals surface area contributed by atoms with Crippen LogP contribution in [0.5, 0.6) is 0 Å². The second-order valence-corrected chi connectivity index (χ2v) is 4.71. The quantitative estimate of drug-likeness (QED) is 0.843. The minimum absolute atomic E-state index is 0.306. The Labute approximate surface area is 109 Å². The molecule has 1 N–H and O–H groups in total. The van der Waals surface area contributed by atoms with Crippen LogP contribution in [0.4, 0.5) is 5.82 Å². The van der Waals surface area contributed by atoms with Gasteiger partial charge in [-0.05, 0) is 31.9 Å². The fraction of sp³-hybridized carbons (Fsp3) is 0.571. The Balaban J connectivity index is 3.01. The number of aromatic nitrogens is 1. The van der Waals surface area contributed by atoms with E-state index in [9.17, 15) is 4.79 Å². The van der Waals surface area contributed by atoms with E-state index in [1.165, 1.54) is 0 Å². The van der Waals surface area contributed by atoms with Gasteiger partial charge in [0.25, 0.3) is 0 Å². The molecule has 1 aromatic heterocycles. The van der Waals surface area contributed by atoms with E-state index in [2.05, 4.69) is 30.7 Å². The number of carboxylic acid groups (broad SMARTS) is 1. The molecule has 0 fully saturated rings. The van der Waals surface area contributed by atoms with E-state index in [4.69, 9.17) is 5.11 Å². The summed E-state index contributed by atoms with van der Waals surface area (Å²) < 4.78 is 0. The van der Waals surface area contributed by atoms with Gasteiger partial charge in [0.1, 0.15) is 5.82 Å². The fourth-order valence-electron chi connectivity index (χ4n) is 1.83. The first-order valence-corrected chi connectivity index (χ1v) is 6.44. The fourth-order valence-corrected chi connectivity index (χ4v) is 1.83. The Morgan fingerprint density at radius 3 is 2.61 bits per heavy atom. The summed E-state index contributed by atoms with van der Waals surface area (Å²) in [7, 11) is 0. The molecule has 4 heteroatoms. The molecule has 0 spiro atoms. The standard InChI is InChI=1S/C14H22N2O2/c1-5-10(3)9-16(6-2)13-8-12(14(17)18)7-11(4)15-13/h7-8,10H,5-6,9H2,1-4H3,(H,17,18). The molecule has 0 aliphatic carbocycles. The molecule has 1 unspecified atom stereocenters. The van der Waals surface area contributed by atoms with Gasteiger partial charge < -0.3 is 10.0 Å². The predicted octanol–water partition coefficient (Wildman–Crippen LogP) is 2.96. The van der Waals surface area contributed by atoms with E-state index in [1.807, 2.05) is 6.92 Å². The van der Waals surface area contributed by atoms with Gasteiger partial charge in [0, 0.05) is 18.8 Å². The van der Waals surface area contributed by atoms with Crippen molar-refractivity contribution in [2.45, 2.75) is 34.1 Å². The highest BCUT2D eigenvalue weighted by molar-refractivity contribution is 5.88. The van der Waals surface area contributed by atoms with E-state index in [0.717, 1.165) is 31.0 Å². The zero-order chi connectivity index (χ0) is 13.7. The SMILES string of the molecule is CCC(C)CN(CC)c1cc(C(=O)O)cc(C)n1. The number of hydrogen-bond acceptors (Lipinski definition) is 3. The van der Waals surface area contributed by atoms with Gasteiger partial charge in [0.2, 0.25) is 0 Å². The summed E-state index contributed by atoms with van der Waals surface area (Å²) >= 11 is 0. The van der Waals surface area contributed by atoms with Crippen LogP contribution in [0.2, 0.25) is 0 Å². The molecule has 100 valence electrons. The summed E-state index contributed by atoms with van der Waals surface area (Å²) in [5.41, 5.74) is 1.05. The summed E-state index contributed by atoms with van der Waals surface area (Å²) in [6, 6.07) is 3.25. The second kappa shape index (κ2) is 6.38. The molecule has 0 bridgehead atoms. The number of anilines is 1. The minimum Gasteiger partial charge on any atom is -0.478 e. The van der Waals surface area contributed by atoms with Gasteiger partial charge in [-0.15, -0.1) is 0 Å². The molecule has 0 aromatic carbocycles. The lowest BCUT2D eigenvalue weighted by molar-refractivity contribution is 0.0696. The Kier molecular flexibility index (Phi) is 5.13. The zero-order valence-corrected chi connectivity index (χ0v) is 11.6. The van der Waals surface area contributed by atoms with Crippen molar-refractivity contribution < 1.29 is 9.90 Å². The molecule has 18 heavy (non-hydrogen) atoms. The van der Waals surface area contributed by atoms with Crippen molar-refractivity contribution in [1.82, 2.24) is 4.98 Å². The van der Waals surface area contributed by atoms with E-state index in [0.29, 0.717) is 11.5 Å². The lowest BCUT2D eigenvalue weighted by Crippen LogP contribution is -2.29. The first kappa shape index (κ1) is 14.5. The zero-order valence-electron chi connectivity index (χ0n) is 11.6. The van der Waals surface area contributed by atoms with Crippen molar-refractivity contribution >= 4 is 11.8 Å². The number of nitrogens with zero attached hydrogens (tertiary/aromatic N) is 2. The smallest absolute Gasteiger partial charge is 0.335 e. The highest BCUT2D eigenvalue weighted by atomic mass is 16.4. The Morgan fingerprint density at radius 2 is 2.11 bits per heavy atom. The van der Waals surface area contributed by atoms with Crippen molar-refractivity contribution in [2.75, 3.05) is 18.0 Å². The van der Waals surface area contributed by atoms with Crippen molar-refractivity contribution in [1.29, 1.82) is 0 Å². The van der Waals surface area contributed by atoms with Crippen molar-refractivity contribution in [3.05, 3.63) is 23.4 Å². The molecular formula is C14H22N2O2. The lowest BCUT2D eigenvalue weighted by atomic mass is 10.1. The number of aryl methyl sites for hydroxylation is 1. The van der Waals surface area contributed by atoms with Crippen LogP contribution in [0.25, 0.3) is 0 Å². The van der Waals surface area contributed by atoms with Gasteiger partial charge in [-0.3, -0.25) is 0 Å². The third kappa shape index (κ3) is 3.72. The van der Waals surface area contributed by atoms with E-state index >= 15 is 0 Å². The molecule has 0 amide bonds. The average molecular weight is 250 g/mol. The van der Waals surface area contributed by atoms with E-state index < -0.39 is 5.97 Å². The topological polar surface area (TPSA) is 53.4 Å². The molecule has 4 nitrogen and oxygen atoms in total. The molecule has 0 saturated carbocycles. The summed E-state index contributed by atoms with van der Waals surface area (Å²) in [4.78, 5) is 17.6. The summed E-state index contributed by atoms with van der Waals surface area (Å²) in [5.74, 6) is 0.428. The first-order valence-electron chi connectivity index (χ1n) is 6.44. The van der Waals surface area contributed by atoms with Gasteiger partial charge >= 0.3 is 5.97 Å². The van der Waals surface area contributed by atoms with Crippen LogP contribution < -0.4 is 4.90 Å². The van der Waals surface area contributed by atoms with Crippen LogP contribution >= 0.6 is 0 Å². The Morgan fingerprint density at radius 1 is 1.44 bits per heavy atom. The molecule has 1 aromatic rings. The number of hydrogen-bond donors (Lipinski definition) is 1. The largest absolute Gasteiger partial charge is 0.478 e. The summed E-state index contributed by atoms with van der Waals surface area (Å²) in [6.07, 6.45) is 1.11. The van der Waals surface area contributed by atoms with Gasteiger partial charge in [-0.2, -0.15) is 0 Å². The summed E-state index contributed by atoms with van der Waals surface area (Å²) in [5, 5.41) is 9.07. The number of carbonyl (C=O) groups is 1. The maximum absolute atomic E-state index is 11.0. The second-order valence-electron chi connectivity index (χ2n) is 4.71. The van der Waals surface area contributed by atoms with Crippen molar-refractivity contribution in [3.63, 3.8) is 0 Å². The lowest BCUT2D eigenvalue weighted by Gasteiger charge is -2.25. The molecular weight excluding hydrogens is 228 g/mol. The normalized spacial score (nSPS) is 12.2. The maximum atomic E-state index is 11.0. The maximum Gasteiger partial charge on any atom is 0.335 e. The number of aromatic carboxylic acids is 1. The number of rotatable bonds is 6. The van der Waals surface area contributed by atoms with Crippen LogP contribution in [0.1, 0.15) is 43.2 Å². The first-order chi connectivity index (χ1) is 8.47. The van der Waals surface area contributed by atoms with Crippen molar-refractivity contribution in [3.8, 4) is 0 Å². The van der Waals surface area contributed by atoms with Crippen LogP contribution in [0, 0.1) is 12.8 Å². The number of pyridine rings is 1. The highest BCUT2D eigenvalue weighted by Crippen LogP contribution is 2.17.